The lowest BCUT2D eigenvalue weighted by Gasteiger charge is -2.31. The van der Waals surface area contributed by atoms with E-state index < -0.39 is 16.1 Å². The van der Waals surface area contributed by atoms with Crippen molar-refractivity contribution in [3.8, 4) is 0 Å². The highest BCUT2D eigenvalue weighted by molar-refractivity contribution is 7.89. The minimum atomic E-state index is -3.45. The van der Waals surface area contributed by atoms with E-state index in [1.165, 1.54) is 4.31 Å². The molecule has 1 aromatic rings. The maximum absolute atomic E-state index is 12.5. The van der Waals surface area contributed by atoms with Crippen molar-refractivity contribution in [2.75, 3.05) is 33.2 Å². The van der Waals surface area contributed by atoms with Gasteiger partial charge in [-0.2, -0.15) is 4.31 Å². The first-order valence-corrected chi connectivity index (χ1v) is 7.82. The number of sulfonamides is 1. The predicted molar refractivity (Wildman–Crippen MR) is 73.3 cm³/mol. The zero-order valence-corrected chi connectivity index (χ0v) is 12.1. The summed E-state index contributed by atoms with van der Waals surface area (Å²) < 4.78 is 26.5. The Kier molecular flexibility index (Phi) is 4.25. The van der Waals surface area contributed by atoms with Gasteiger partial charge in [0.25, 0.3) is 0 Å². The minimum Gasteiger partial charge on any atom is -0.389 e. The molecular weight excluding hydrogens is 264 g/mol. The van der Waals surface area contributed by atoms with Crippen LogP contribution in [-0.2, 0) is 10.0 Å². The summed E-state index contributed by atoms with van der Waals surface area (Å²) in [6.07, 6.45) is -0.664. The molecule has 0 aliphatic carbocycles. The van der Waals surface area contributed by atoms with Crippen LogP contribution in [0.4, 0.5) is 0 Å². The second-order valence-electron chi connectivity index (χ2n) is 4.96. The van der Waals surface area contributed by atoms with Crippen molar-refractivity contribution in [3.63, 3.8) is 0 Å². The third-order valence-corrected chi connectivity index (χ3v) is 5.34. The maximum Gasteiger partial charge on any atom is 0.243 e. The Balaban J connectivity index is 2.26. The van der Waals surface area contributed by atoms with Crippen molar-refractivity contribution in [3.05, 3.63) is 29.8 Å². The molecule has 0 saturated carbocycles. The van der Waals surface area contributed by atoms with Crippen LogP contribution in [0.15, 0.2) is 29.2 Å². The summed E-state index contributed by atoms with van der Waals surface area (Å²) in [5.41, 5.74) is 0.621. The Hall–Kier alpha value is -0.950. The summed E-state index contributed by atoms with van der Waals surface area (Å²) in [5, 5.41) is 9.54. The Labute approximate surface area is 114 Å². The lowest BCUT2D eigenvalue weighted by Crippen LogP contribution is -2.47. The third kappa shape index (κ3) is 3.14. The van der Waals surface area contributed by atoms with Crippen molar-refractivity contribution >= 4 is 10.0 Å². The Bertz CT molecular complexity index is 535. The number of aliphatic hydroxyl groups excluding tert-OH is 1. The number of likely N-dealkylation sites (N-methyl/N-ethyl adjacent to an activating group) is 1. The Morgan fingerprint density at radius 2 is 1.84 bits per heavy atom. The van der Waals surface area contributed by atoms with E-state index in [1.54, 1.807) is 31.2 Å². The molecule has 0 radical (unpaired) electrons. The fraction of sp³-hybridized carbons (Fsp3) is 0.538. The topological polar surface area (TPSA) is 60.9 Å². The highest BCUT2D eigenvalue weighted by Gasteiger charge is 2.27. The normalized spacial score (nSPS) is 20.4. The number of rotatable bonds is 3. The van der Waals surface area contributed by atoms with Crippen molar-refractivity contribution in [1.29, 1.82) is 0 Å². The van der Waals surface area contributed by atoms with Crippen molar-refractivity contribution in [2.45, 2.75) is 17.9 Å². The highest BCUT2D eigenvalue weighted by atomic mass is 32.2. The fourth-order valence-corrected chi connectivity index (χ4v) is 3.59. The van der Waals surface area contributed by atoms with Gasteiger partial charge in [0, 0.05) is 26.2 Å². The van der Waals surface area contributed by atoms with Crippen molar-refractivity contribution < 1.29 is 13.5 Å². The summed E-state index contributed by atoms with van der Waals surface area (Å²) in [4.78, 5) is 2.37. The van der Waals surface area contributed by atoms with Gasteiger partial charge in [-0.05, 0) is 31.7 Å². The molecule has 1 aromatic carbocycles. The standard InChI is InChI=1S/C13H20N2O3S/c1-11(16)12-4-3-5-13(10-12)19(17,18)15-8-6-14(2)7-9-15/h3-5,10-11,16H,6-9H2,1-2H3. The second-order valence-corrected chi connectivity index (χ2v) is 6.89. The Morgan fingerprint density at radius 3 is 2.42 bits per heavy atom. The van der Waals surface area contributed by atoms with E-state index in [2.05, 4.69) is 4.90 Å². The van der Waals surface area contributed by atoms with Crippen LogP contribution in [0.5, 0.6) is 0 Å². The van der Waals surface area contributed by atoms with Crippen LogP contribution in [0.1, 0.15) is 18.6 Å². The molecule has 6 heteroatoms. The van der Waals surface area contributed by atoms with E-state index in [0.717, 1.165) is 13.1 Å². The number of hydrogen-bond acceptors (Lipinski definition) is 4. The molecule has 1 atom stereocenters. The minimum absolute atomic E-state index is 0.260. The van der Waals surface area contributed by atoms with E-state index in [1.807, 2.05) is 7.05 Å². The van der Waals surface area contributed by atoms with E-state index >= 15 is 0 Å². The summed E-state index contributed by atoms with van der Waals surface area (Å²) in [5.74, 6) is 0. The summed E-state index contributed by atoms with van der Waals surface area (Å²) in [6, 6.07) is 6.54. The molecule has 1 saturated heterocycles. The highest BCUT2D eigenvalue weighted by Crippen LogP contribution is 2.21. The maximum atomic E-state index is 12.5. The van der Waals surface area contributed by atoms with Gasteiger partial charge >= 0.3 is 0 Å². The number of nitrogens with zero attached hydrogens (tertiary/aromatic N) is 2. The number of benzene rings is 1. The summed E-state index contributed by atoms with van der Waals surface area (Å²) in [7, 11) is -1.46. The van der Waals surface area contributed by atoms with E-state index in [-0.39, 0.29) is 4.90 Å². The van der Waals surface area contributed by atoms with Gasteiger partial charge in [0.1, 0.15) is 0 Å². The van der Waals surface area contributed by atoms with Crippen LogP contribution in [0.3, 0.4) is 0 Å². The predicted octanol–water partition coefficient (Wildman–Crippen LogP) is 0.676. The van der Waals surface area contributed by atoms with E-state index in [9.17, 15) is 13.5 Å². The van der Waals surface area contributed by atoms with E-state index in [0.29, 0.717) is 18.7 Å². The molecule has 5 nitrogen and oxygen atoms in total. The van der Waals surface area contributed by atoms with Gasteiger partial charge in [0.2, 0.25) is 10.0 Å². The fourth-order valence-electron chi connectivity index (χ4n) is 2.11. The van der Waals surface area contributed by atoms with Crippen LogP contribution in [0, 0.1) is 0 Å². The second kappa shape index (κ2) is 5.58. The third-order valence-electron chi connectivity index (χ3n) is 3.44. The van der Waals surface area contributed by atoms with Gasteiger partial charge in [-0.25, -0.2) is 8.42 Å². The molecule has 1 aliphatic heterocycles. The largest absolute Gasteiger partial charge is 0.389 e. The lowest BCUT2D eigenvalue weighted by atomic mass is 10.1. The van der Waals surface area contributed by atoms with Crippen molar-refractivity contribution in [2.24, 2.45) is 0 Å². The van der Waals surface area contributed by atoms with Crippen LogP contribution in [0.25, 0.3) is 0 Å². The van der Waals surface area contributed by atoms with Crippen LogP contribution in [0.2, 0.25) is 0 Å². The summed E-state index contributed by atoms with van der Waals surface area (Å²) in [6.45, 7) is 4.14. The Morgan fingerprint density at radius 1 is 1.21 bits per heavy atom. The molecule has 1 heterocycles. The smallest absolute Gasteiger partial charge is 0.243 e. The number of aliphatic hydroxyl groups is 1. The van der Waals surface area contributed by atoms with Gasteiger partial charge in [-0.15, -0.1) is 0 Å². The van der Waals surface area contributed by atoms with E-state index in [4.69, 9.17) is 0 Å². The number of hydrogen-bond donors (Lipinski definition) is 1. The first-order valence-electron chi connectivity index (χ1n) is 6.38. The first kappa shape index (κ1) is 14.5. The van der Waals surface area contributed by atoms with Gasteiger partial charge in [0.05, 0.1) is 11.0 Å². The molecule has 1 N–H and O–H groups in total. The van der Waals surface area contributed by atoms with Gasteiger partial charge < -0.3 is 10.0 Å². The van der Waals surface area contributed by atoms with Crippen LogP contribution in [-0.4, -0.2) is 56.0 Å². The average molecular weight is 284 g/mol. The molecule has 19 heavy (non-hydrogen) atoms. The molecule has 0 amide bonds. The molecule has 0 aromatic heterocycles. The molecule has 0 spiro atoms. The lowest BCUT2D eigenvalue weighted by molar-refractivity contribution is 0.199. The molecule has 0 bridgehead atoms. The van der Waals surface area contributed by atoms with Crippen molar-refractivity contribution in [1.82, 2.24) is 9.21 Å². The van der Waals surface area contributed by atoms with Gasteiger partial charge in [-0.3, -0.25) is 0 Å². The first-order chi connectivity index (χ1) is 8.91. The molecule has 106 valence electrons. The van der Waals surface area contributed by atoms with Crippen LogP contribution >= 0.6 is 0 Å². The monoisotopic (exact) mass is 284 g/mol. The van der Waals surface area contributed by atoms with Gasteiger partial charge in [-0.1, -0.05) is 12.1 Å². The summed E-state index contributed by atoms with van der Waals surface area (Å²) >= 11 is 0. The molecule has 1 fully saturated rings. The quantitative estimate of drug-likeness (QED) is 0.886. The average Bonchev–Trinajstić information content (AvgIpc) is 2.39. The molecule has 1 aliphatic rings. The SMILES string of the molecule is CC(O)c1cccc(S(=O)(=O)N2CCN(C)CC2)c1. The zero-order valence-electron chi connectivity index (χ0n) is 11.3. The molecule has 1 unspecified atom stereocenters. The van der Waals surface area contributed by atoms with Gasteiger partial charge in [0.15, 0.2) is 0 Å². The molecule has 2 rings (SSSR count). The molecular formula is C13H20N2O3S. The zero-order chi connectivity index (χ0) is 14.0. The van der Waals surface area contributed by atoms with Crippen LogP contribution < -0.4 is 0 Å². The number of piperazine rings is 1.